The van der Waals surface area contributed by atoms with E-state index in [0.29, 0.717) is 18.8 Å². The molecule has 0 radical (unpaired) electrons. The van der Waals surface area contributed by atoms with Crippen LogP contribution in [-0.4, -0.2) is 17.8 Å². The summed E-state index contributed by atoms with van der Waals surface area (Å²) in [5.74, 6) is -0.270. The van der Waals surface area contributed by atoms with E-state index in [4.69, 9.17) is 0 Å². The second kappa shape index (κ2) is 8.15. The second-order valence-electron chi connectivity index (χ2n) is 5.67. The Morgan fingerprint density at radius 2 is 1.85 bits per heavy atom. The van der Waals surface area contributed by atoms with Gasteiger partial charge in [0.1, 0.15) is 0 Å². The Balaban J connectivity index is 0.00000361. The minimum Gasteiger partial charge on any atom is -0.861 e. The molecule has 0 aromatic carbocycles. The number of rotatable bonds is 6. The molecule has 3 amide bonds. The number of urea groups is 1. The molecule has 1 aliphatic rings. The predicted octanol–water partition coefficient (Wildman–Crippen LogP) is -1.14. The van der Waals surface area contributed by atoms with E-state index in [0.717, 1.165) is 12.8 Å². The Kier molecular flexibility index (Phi) is 7.99. The van der Waals surface area contributed by atoms with Crippen molar-refractivity contribution >= 4 is 17.8 Å². The number of nitrogens with one attached hydrogen (secondary N) is 1. The van der Waals surface area contributed by atoms with E-state index in [1.165, 1.54) is 0 Å². The molecule has 1 rings (SSSR count). The molecule has 0 saturated heterocycles. The first-order chi connectivity index (χ1) is 8.85. The molecule has 20 heavy (non-hydrogen) atoms. The van der Waals surface area contributed by atoms with Gasteiger partial charge in [0.15, 0.2) is 0 Å². The van der Waals surface area contributed by atoms with Gasteiger partial charge in [0, 0.05) is 0 Å². The molecule has 1 heterocycles. The minimum absolute atomic E-state index is 0. The van der Waals surface area contributed by atoms with Gasteiger partial charge in [0.05, 0.1) is 5.41 Å². The Bertz CT molecular complexity index is 398. The summed E-state index contributed by atoms with van der Waals surface area (Å²) in [4.78, 5) is 26.5. The van der Waals surface area contributed by atoms with Crippen molar-refractivity contribution in [3.63, 3.8) is 0 Å². The van der Waals surface area contributed by atoms with E-state index < -0.39 is 23.3 Å². The summed E-state index contributed by atoms with van der Waals surface area (Å²) in [5, 5.41) is 14.2. The Hall–Kier alpha value is -0.390. The van der Waals surface area contributed by atoms with Crippen LogP contribution in [0.3, 0.4) is 0 Å². The van der Waals surface area contributed by atoms with Crippen LogP contribution in [0.15, 0.2) is 4.99 Å². The first-order valence-electron chi connectivity index (χ1n) is 6.97. The molecule has 0 bridgehead atoms. The largest absolute Gasteiger partial charge is 1.00 e. The van der Waals surface area contributed by atoms with Gasteiger partial charge in [-0.2, -0.15) is 0 Å². The van der Waals surface area contributed by atoms with E-state index in [1.807, 2.05) is 6.92 Å². The van der Waals surface area contributed by atoms with Crippen LogP contribution in [0.2, 0.25) is 0 Å². The van der Waals surface area contributed by atoms with Crippen LogP contribution in [0.4, 0.5) is 4.79 Å². The molecule has 0 aromatic rings. The number of hydrogen-bond acceptors (Lipinski definition) is 3. The second-order valence-corrected chi connectivity index (χ2v) is 5.67. The van der Waals surface area contributed by atoms with Crippen LogP contribution in [0, 0.1) is 17.3 Å². The molecule has 0 saturated carbocycles. The first kappa shape index (κ1) is 19.6. The number of amides is 3. The third-order valence-corrected chi connectivity index (χ3v) is 4.07. The number of imide groups is 1. The summed E-state index contributed by atoms with van der Waals surface area (Å²) in [6.07, 6.45) is 2.87. The fraction of sp³-hybridized carbons (Fsp3) is 0.786. The summed E-state index contributed by atoms with van der Waals surface area (Å²) in [7, 11) is 0. The summed E-state index contributed by atoms with van der Waals surface area (Å²) in [6.45, 7) is 8.12. The average molecular weight is 290 g/mol. The predicted molar refractivity (Wildman–Crippen MR) is 71.6 cm³/mol. The van der Waals surface area contributed by atoms with Crippen LogP contribution >= 0.6 is 0 Å². The quantitative estimate of drug-likeness (QED) is 0.628. The van der Waals surface area contributed by atoms with Gasteiger partial charge in [-0.05, 0) is 37.0 Å². The van der Waals surface area contributed by atoms with Gasteiger partial charge < -0.3 is 5.11 Å². The maximum absolute atomic E-state index is 12.0. The molecule has 3 atom stereocenters. The molecule has 0 aromatic heterocycles. The smallest absolute Gasteiger partial charge is 0.861 e. The molecule has 0 fully saturated rings. The average Bonchev–Trinajstić information content (AvgIpc) is 2.33. The van der Waals surface area contributed by atoms with Gasteiger partial charge in [-0.25, -0.2) is 9.79 Å². The summed E-state index contributed by atoms with van der Waals surface area (Å²) < 4.78 is 0. The zero-order valence-corrected chi connectivity index (χ0v) is 15.2. The molecule has 0 aliphatic carbocycles. The minimum atomic E-state index is -1.15. The SMILES string of the molecule is CCC(C)CC(C)CC1(CC)C(=O)NC(=O)N=C1[O-].[Na+]. The summed E-state index contributed by atoms with van der Waals surface area (Å²) in [6, 6.07) is -0.839. The summed E-state index contributed by atoms with van der Waals surface area (Å²) >= 11 is 0. The fourth-order valence-electron chi connectivity index (χ4n) is 2.71. The normalized spacial score (nSPS) is 25.3. The molecule has 5 nitrogen and oxygen atoms in total. The van der Waals surface area contributed by atoms with E-state index in [2.05, 4.69) is 24.2 Å². The molecule has 0 spiro atoms. The maximum atomic E-state index is 12.0. The van der Waals surface area contributed by atoms with Crippen molar-refractivity contribution in [3.8, 4) is 0 Å². The van der Waals surface area contributed by atoms with Crippen molar-refractivity contribution in [2.75, 3.05) is 0 Å². The van der Waals surface area contributed by atoms with Crippen LogP contribution in [0.5, 0.6) is 0 Å². The van der Waals surface area contributed by atoms with Gasteiger partial charge in [0.25, 0.3) is 0 Å². The van der Waals surface area contributed by atoms with Crippen LogP contribution in [0.1, 0.15) is 53.4 Å². The Morgan fingerprint density at radius 3 is 2.30 bits per heavy atom. The van der Waals surface area contributed by atoms with E-state index in [1.54, 1.807) is 6.92 Å². The van der Waals surface area contributed by atoms with Crippen LogP contribution in [0.25, 0.3) is 0 Å². The van der Waals surface area contributed by atoms with Crippen molar-refractivity contribution in [3.05, 3.63) is 0 Å². The number of hydrogen-bond donors (Lipinski definition) is 1. The van der Waals surface area contributed by atoms with Gasteiger partial charge >= 0.3 is 35.6 Å². The third kappa shape index (κ3) is 4.30. The van der Waals surface area contributed by atoms with Gasteiger partial charge in [-0.15, -0.1) is 0 Å². The van der Waals surface area contributed by atoms with Gasteiger partial charge in [-0.1, -0.05) is 34.1 Å². The van der Waals surface area contributed by atoms with Crippen molar-refractivity contribution in [2.45, 2.75) is 53.4 Å². The first-order valence-corrected chi connectivity index (χ1v) is 6.97. The van der Waals surface area contributed by atoms with Crippen molar-refractivity contribution < 1.29 is 44.3 Å². The molecule has 1 aliphatic heterocycles. The van der Waals surface area contributed by atoms with Crippen LogP contribution in [-0.2, 0) is 4.79 Å². The van der Waals surface area contributed by atoms with Crippen molar-refractivity contribution in [2.24, 2.45) is 22.2 Å². The van der Waals surface area contributed by atoms with E-state index >= 15 is 0 Å². The molecule has 3 unspecified atom stereocenters. The Labute approximate surface area is 142 Å². The van der Waals surface area contributed by atoms with Crippen molar-refractivity contribution in [1.29, 1.82) is 0 Å². The molecule has 108 valence electrons. The Morgan fingerprint density at radius 1 is 1.25 bits per heavy atom. The number of carbonyl (C=O) groups excluding carboxylic acids is 2. The van der Waals surface area contributed by atoms with E-state index in [9.17, 15) is 14.7 Å². The zero-order chi connectivity index (χ0) is 14.6. The van der Waals surface area contributed by atoms with Gasteiger partial charge in [-0.3, -0.25) is 10.1 Å². The molecular weight excluding hydrogens is 267 g/mol. The molecular formula is C14H23N2NaO3. The summed E-state index contributed by atoms with van der Waals surface area (Å²) in [5.41, 5.74) is -1.15. The standard InChI is InChI=1S/C14H24N2O3.Na/c1-5-9(3)7-10(4)8-14(6-2)11(17)15-13(19)16-12(14)18;/h9-10H,5-8H2,1-4H3,(H2,15,16,17,18,19);/q;+1/p-1. The monoisotopic (exact) mass is 290 g/mol. The molecule has 6 heteroatoms. The topological polar surface area (TPSA) is 81.6 Å². The van der Waals surface area contributed by atoms with Crippen molar-refractivity contribution in [1.82, 2.24) is 5.32 Å². The zero-order valence-electron chi connectivity index (χ0n) is 13.2. The third-order valence-electron chi connectivity index (χ3n) is 4.07. The van der Waals surface area contributed by atoms with E-state index in [-0.39, 0.29) is 35.5 Å². The van der Waals surface area contributed by atoms with Crippen LogP contribution < -0.4 is 40.0 Å². The number of carbonyl (C=O) groups is 2. The number of nitrogens with zero attached hydrogens (tertiary/aromatic N) is 1. The maximum Gasteiger partial charge on any atom is 1.00 e. The fourth-order valence-corrected chi connectivity index (χ4v) is 2.71. The number of aliphatic imine (C=N–C) groups is 1. The van der Waals surface area contributed by atoms with Gasteiger partial charge in [0.2, 0.25) is 5.91 Å². The molecule has 1 N–H and O–H groups in total.